The first-order chi connectivity index (χ1) is 9.20. The quantitative estimate of drug-likeness (QED) is 0.844. The van der Waals surface area contributed by atoms with Crippen LogP contribution < -0.4 is 5.73 Å². The van der Waals surface area contributed by atoms with Gasteiger partial charge < -0.3 is 10.6 Å². The van der Waals surface area contributed by atoms with Gasteiger partial charge in [-0.3, -0.25) is 0 Å². The third kappa shape index (κ3) is 2.15. The van der Waals surface area contributed by atoms with E-state index in [1.165, 1.54) is 51.6 Å². The molecule has 4 fully saturated rings. The van der Waals surface area contributed by atoms with E-state index in [1.807, 2.05) is 0 Å². The Morgan fingerprint density at radius 3 is 2.32 bits per heavy atom. The zero-order valence-corrected chi connectivity index (χ0v) is 12.4. The van der Waals surface area contributed by atoms with Crippen LogP contribution in [0.15, 0.2) is 0 Å². The molecule has 0 amide bonds. The van der Waals surface area contributed by atoms with Gasteiger partial charge in [-0.2, -0.15) is 0 Å². The van der Waals surface area contributed by atoms with Gasteiger partial charge in [0.05, 0.1) is 0 Å². The predicted octanol–water partition coefficient (Wildman–Crippen LogP) is 2.73. The summed E-state index contributed by atoms with van der Waals surface area (Å²) in [6, 6.07) is 0.515. The first-order valence-corrected chi connectivity index (χ1v) is 8.65. The third-order valence-electron chi connectivity index (χ3n) is 7.11. The van der Waals surface area contributed by atoms with E-state index in [1.54, 1.807) is 6.42 Å². The van der Waals surface area contributed by atoms with Crippen molar-refractivity contribution >= 4 is 0 Å². The molecule has 4 aliphatic carbocycles. The molecule has 0 spiro atoms. The molecule has 0 aliphatic heterocycles. The molecule has 2 N–H and O–H groups in total. The lowest BCUT2D eigenvalue weighted by atomic mass is 9.84. The monoisotopic (exact) mass is 262 g/mol. The van der Waals surface area contributed by atoms with Gasteiger partial charge in [-0.05, 0) is 81.1 Å². The van der Waals surface area contributed by atoms with E-state index in [4.69, 9.17) is 5.73 Å². The molecule has 0 aromatic rings. The molecule has 7 unspecified atom stereocenters. The van der Waals surface area contributed by atoms with E-state index in [0.717, 1.165) is 35.5 Å². The van der Waals surface area contributed by atoms with Gasteiger partial charge >= 0.3 is 0 Å². The van der Waals surface area contributed by atoms with Gasteiger partial charge in [0.2, 0.25) is 0 Å². The van der Waals surface area contributed by atoms with Gasteiger partial charge in [0.1, 0.15) is 0 Å². The number of fused-ring (bicyclic) bond motifs is 4. The molecule has 0 radical (unpaired) electrons. The Kier molecular flexibility index (Phi) is 3.15. The Morgan fingerprint density at radius 2 is 1.68 bits per heavy atom. The predicted molar refractivity (Wildman–Crippen MR) is 78.7 cm³/mol. The van der Waals surface area contributed by atoms with E-state index in [-0.39, 0.29) is 0 Å². The zero-order chi connectivity index (χ0) is 13.0. The number of nitrogens with two attached hydrogens (primary N) is 1. The van der Waals surface area contributed by atoms with Crippen LogP contribution in [0.1, 0.15) is 44.9 Å². The largest absolute Gasteiger partial charge is 0.327 e. The lowest BCUT2D eigenvalue weighted by Crippen LogP contribution is -2.43. The highest BCUT2D eigenvalue weighted by Crippen LogP contribution is 2.50. The van der Waals surface area contributed by atoms with Gasteiger partial charge in [0.15, 0.2) is 0 Å². The Labute approximate surface area is 118 Å². The molecule has 4 bridgehead atoms. The van der Waals surface area contributed by atoms with Gasteiger partial charge in [-0.25, -0.2) is 0 Å². The summed E-state index contributed by atoms with van der Waals surface area (Å²) >= 11 is 0. The van der Waals surface area contributed by atoms with Crippen molar-refractivity contribution in [3.63, 3.8) is 0 Å². The highest BCUT2D eigenvalue weighted by molar-refractivity contribution is 5.00. The normalized spacial score (nSPS) is 51.6. The van der Waals surface area contributed by atoms with Crippen molar-refractivity contribution in [2.45, 2.75) is 51.0 Å². The lowest BCUT2D eigenvalue weighted by molar-refractivity contribution is 0.161. The molecule has 4 rings (SSSR count). The van der Waals surface area contributed by atoms with Crippen LogP contribution in [-0.4, -0.2) is 31.1 Å². The first-order valence-electron chi connectivity index (χ1n) is 8.65. The average Bonchev–Trinajstić information content (AvgIpc) is 3.12. The van der Waals surface area contributed by atoms with Crippen molar-refractivity contribution in [3.8, 4) is 0 Å². The average molecular weight is 262 g/mol. The zero-order valence-electron chi connectivity index (χ0n) is 12.4. The SMILES string of the molecule is CN(CC1CC2CCC1C2)CC1C2CCC(C2)C1N. The summed E-state index contributed by atoms with van der Waals surface area (Å²) in [6.07, 6.45) is 10.4. The standard InChI is InChI=1S/C17H30N2/c1-19(9-15-7-11-2-3-12(15)6-11)10-16-13-4-5-14(8-13)17(16)18/h11-17H,2-10,18H2,1H3. The fourth-order valence-electron chi connectivity index (χ4n) is 6.16. The minimum absolute atomic E-state index is 0.515. The van der Waals surface area contributed by atoms with Crippen molar-refractivity contribution in [3.05, 3.63) is 0 Å². The second-order valence-electron chi connectivity index (χ2n) is 8.23. The molecule has 4 aliphatic rings. The number of rotatable bonds is 4. The van der Waals surface area contributed by atoms with Gasteiger partial charge in [-0.1, -0.05) is 6.42 Å². The summed E-state index contributed by atoms with van der Waals surface area (Å²) in [5, 5.41) is 0. The molecule has 0 heterocycles. The Bertz CT molecular complexity index is 340. The van der Waals surface area contributed by atoms with Crippen molar-refractivity contribution in [2.24, 2.45) is 41.2 Å². The maximum atomic E-state index is 6.45. The molecule has 0 aromatic heterocycles. The molecular weight excluding hydrogens is 232 g/mol. The second kappa shape index (κ2) is 4.73. The Balaban J connectivity index is 1.31. The summed E-state index contributed by atoms with van der Waals surface area (Å²) in [4.78, 5) is 2.64. The van der Waals surface area contributed by atoms with Crippen LogP contribution in [0, 0.1) is 35.5 Å². The summed E-state index contributed by atoms with van der Waals surface area (Å²) in [6.45, 7) is 2.62. The highest BCUT2D eigenvalue weighted by Gasteiger charge is 2.46. The molecule has 0 saturated heterocycles. The van der Waals surface area contributed by atoms with Crippen molar-refractivity contribution < 1.29 is 0 Å². The third-order valence-corrected chi connectivity index (χ3v) is 7.11. The van der Waals surface area contributed by atoms with Gasteiger partial charge in [0.25, 0.3) is 0 Å². The van der Waals surface area contributed by atoms with E-state index >= 15 is 0 Å². The Morgan fingerprint density at radius 1 is 0.895 bits per heavy atom. The maximum absolute atomic E-state index is 6.45. The van der Waals surface area contributed by atoms with Crippen molar-refractivity contribution in [2.75, 3.05) is 20.1 Å². The Hall–Kier alpha value is -0.0800. The number of nitrogens with zero attached hydrogens (tertiary/aromatic N) is 1. The molecule has 108 valence electrons. The molecule has 7 atom stereocenters. The smallest absolute Gasteiger partial charge is 0.0111 e. The fraction of sp³-hybridized carbons (Fsp3) is 1.00. The van der Waals surface area contributed by atoms with E-state index in [9.17, 15) is 0 Å². The molecule has 19 heavy (non-hydrogen) atoms. The molecule has 0 aromatic carbocycles. The molecule has 2 heteroatoms. The van der Waals surface area contributed by atoms with E-state index in [2.05, 4.69) is 11.9 Å². The number of hydrogen-bond acceptors (Lipinski definition) is 2. The van der Waals surface area contributed by atoms with Crippen LogP contribution in [0.3, 0.4) is 0 Å². The summed E-state index contributed by atoms with van der Waals surface area (Å²) in [5.41, 5.74) is 6.45. The molecular formula is C17H30N2. The first kappa shape index (κ1) is 12.6. The van der Waals surface area contributed by atoms with Crippen LogP contribution in [0.4, 0.5) is 0 Å². The minimum atomic E-state index is 0.515. The topological polar surface area (TPSA) is 29.3 Å². The van der Waals surface area contributed by atoms with Crippen LogP contribution in [0.5, 0.6) is 0 Å². The maximum Gasteiger partial charge on any atom is 0.0111 e. The van der Waals surface area contributed by atoms with Crippen LogP contribution in [-0.2, 0) is 0 Å². The van der Waals surface area contributed by atoms with Crippen LogP contribution >= 0.6 is 0 Å². The van der Waals surface area contributed by atoms with Gasteiger partial charge in [0, 0.05) is 19.1 Å². The number of hydrogen-bond donors (Lipinski definition) is 1. The molecule has 4 saturated carbocycles. The summed E-state index contributed by atoms with van der Waals surface area (Å²) in [5.74, 6) is 5.81. The van der Waals surface area contributed by atoms with Crippen molar-refractivity contribution in [1.82, 2.24) is 4.90 Å². The van der Waals surface area contributed by atoms with E-state index in [0.29, 0.717) is 6.04 Å². The molecule has 2 nitrogen and oxygen atoms in total. The second-order valence-corrected chi connectivity index (χ2v) is 8.23. The summed E-state index contributed by atoms with van der Waals surface area (Å²) < 4.78 is 0. The lowest BCUT2D eigenvalue weighted by Gasteiger charge is -2.34. The van der Waals surface area contributed by atoms with E-state index < -0.39 is 0 Å². The minimum Gasteiger partial charge on any atom is -0.327 e. The summed E-state index contributed by atoms with van der Waals surface area (Å²) in [7, 11) is 2.35. The van der Waals surface area contributed by atoms with Crippen molar-refractivity contribution in [1.29, 1.82) is 0 Å². The highest BCUT2D eigenvalue weighted by atomic mass is 15.1. The van der Waals surface area contributed by atoms with Crippen LogP contribution in [0.25, 0.3) is 0 Å². The van der Waals surface area contributed by atoms with Gasteiger partial charge in [-0.15, -0.1) is 0 Å². The van der Waals surface area contributed by atoms with Crippen LogP contribution in [0.2, 0.25) is 0 Å². The fourth-order valence-corrected chi connectivity index (χ4v) is 6.16.